The lowest BCUT2D eigenvalue weighted by Gasteiger charge is -2.16. The first-order chi connectivity index (χ1) is 5.41. The molecule has 0 aliphatic heterocycles. The van der Waals surface area contributed by atoms with Crippen LogP contribution in [0.5, 0.6) is 0 Å². The van der Waals surface area contributed by atoms with Crippen LogP contribution < -0.4 is 0 Å². The van der Waals surface area contributed by atoms with E-state index in [9.17, 15) is 13.2 Å². The zero-order chi connectivity index (χ0) is 9.35. The first-order valence-electron chi connectivity index (χ1n) is 3.05. The Labute approximate surface area is 77.6 Å². The van der Waals surface area contributed by atoms with Crippen molar-refractivity contribution in [2.75, 3.05) is 0 Å². The maximum Gasteiger partial charge on any atom is 0.416 e. The second-order valence-corrected chi connectivity index (χ2v) is 3.15. The molecule has 0 spiro atoms. The summed E-state index contributed by atoms with van der Waals surface area (Å²) in [5.41, 5.74) is -0.758. The van der Waals surface area contributed by atoms with Crippen LogP contribution in [0, 0.1) is 5.38 Å². The Morgan fingerprint density at radius 1 is 1.25 bits per heavy atom. The Bertz CT molecular complexity index is 229. The van der Waals surface area contributed by atoms with Gasteiger partial charge < -0.3 is 0 Å². The molecule has 12 heavy (non-hydrogen) atoms. The summed E-state index contributed by atoms with van der Waals surface area (Å²) in [7, 11) is 0. The summed E-state index contributed by atoms with van der Waals surface area (Å²) < 4.78 is 36.0. The number of rotatable bonds is 0. The van der Waals surface area contributed by atoms with Crippen molar-refractivity contribution in [2.24, 2.45) is 0 Å². The second-order valence-electron chi connectivity index (χ2n) is 2.24. The van der Waals surface area contributed by atoms with Crippen molar-refractivity contribution < 1.29 is 13.2 Å². The highest BCUT2D eigenvalue weighted by Crippen LogP contribution is 2.34. The summed E-state index contributed by atoms with van der Waals surface area (Å²) in [6, 6.07) is 0. The minimum atomic E-state index is -4.35. The Morgan fingerprint density at radius 3 is 2.25 bits per heavy atom. The fraction of sp³-hybridized carbons (Fsp3) is 0.286. The van der Waals surface area contributed by atoms with Crippen molar-refractivity contribution in [2.45, 2.75) is 11.6 Å². The van der Waals surface area contributed by atoms with E-state index < -0.39 is 17.1 Å². The molecule has 0 saturated heterocycles. The number of halogens is 5. The lowest BCUT2D eigenvalue weighted by atomic mass is 10.1. The first kappa shape index (κ1) is 9.93. The second kappa shape index (κ2) is 3.30. The van der Waals surface area contributed by atoms with Crippen molar-refractivity contribution in [1.82, 2.24) is 0 Å². The number of hydrogen-bond donors (Lipinski definition) is 0. The Morgan fingerprint density at radius 2 is 1.83 bits per heavy atom. The molecule has 1 atom stereocenters. The third-order valence-corrected chi connectivity index (χ3v) is 2.17. The predicted octanol–water partition coefficient (Wildman–Crippen LogP) is 3.42. The van der Waals surface area contributed by atoms with Crippen molar-refractivity contribution >= 4 is 23.2 Å². The van der Waals surface area contributed by atoms with E-state index in [1.807, 2.05) is 0 Å². The van der Waals surface area contributed by atoms with Gasteiger partial charge in [-0.15, -0.1) is 23.2 Å². The van der Waals surface area contributed by atoms with E-state index in [1.165, 1.54) is 0 Å². The molecule has 5 heteroatoms. The number of alkyl halides is 4. The highest BCUT2D eigenvalue weighted by Gasteiger charge is 2.34. The van der Waals surface area contributed by atoms with E-state index in [0.717, 1.165) is 18.2 Å². The molecule has 0 aromatic heterocycles. The molecule has 0 heterocycles. The summed E-state index contributed by atoms with van der Waals surface area (Å²) in [5.74, 6) is 0. The molecule has 0 aromatic carbocycles. The van der Waals surface area contributed by atoms with Gasteiger partial charge in [0.1, 0.15) is 5.38 Å². The molecule has 0 fully saturated rings. The SMILES string of the molecule is FC(F)(F)C1=CC(Cl)[C](Cl)C=C1. The average Bonchev–Trinajstić information content (AvgIpc) is 1.92. The van der Waals surface area contributed by atoms with Crippen LogP contribution in [-0.4, -0.2) is 11.6 Å². The van der Waals surface area contributed by atoms with Gasteiger partial charge >= 0.3 is 6.18 Å². The van der Waals surface area contributed by atoms with Crippen LogP contribution in [0.15, 0.2) is 23.8 Å². The molecule has 0 aromatic rings. The van der Waals surface area contributed by atoms with Gasteiger partial charge in [0, 0.05) is 0 Å². The molecule has 67 valence electrons. The largest absolute Gasteiger partial charge is 0.416 e. The van der Waals surface area contributed by atoms with Crippen LogP contribution in [0.4, 0.5) is 13.2 Å². The van der Waals surface area contributed by atoms with E-state index in [2.05, 4.69) is 0 Å². The van der Waals surface area contributed by atoms with Gasteiger partial charge in [0.15, 0.2) is 0 Å². The van der Waals surface area contributed by atoms with Gasteiger partial charge in [-0.3, -0.25) is 0 Å². The van der Waals surface area contributed by atoms with Gasteiger partial charge in [0.2, 0.25) is 0 Å². The maximum atomic E-state index is 12.0. The van der Waals surface area contributed by atoms with E-state index >= 15 is 0 Å². The van der Waals surface area contributed by atoms with Crippen LogP contribution in [-0.2, 0) is 0 Å². The lowest BCUT2D eigenvalue weighted by molar-refractivity contribution is -0.0885. The van der Waals surface area contributed by atoms with E-state index in [0.29, 0.717) is 0 Å². The third kappa shape index (κ3) is 2.17. The van der Waals surface area contributed by atoms with Crippen molar-refractivity contribution in [3.63, 3.8) is 0 Å². The van der Waals surface area contributed by atoms with Gasteiger partial charge in [-0.05, 0) is 0 Å². The molecule has 0 nitrogen and oxygen atoms in total. The highest BCUT2D eigenvalue weighted by atomic mass is 35.5. The fourth-order valence-corrected chi connectivity index (χ4v) is 1.08. The Hall–Kier alpha value is -0.150. The fourth-order valence-electron chi connectivity index (χ4n) is 0.743. The van der Waals surface area contributed by atoms with Gasteiger partial charge in [0.25, 0.3) is 0 Å². The van der Waals surface area contributed by atoms with Crippen molar-refractivity contribution in [3.8, 4) is 0 Å². The molecular formula is C7H4Cl2F3. The lowest BCUT2D eigenvalue weighted by Crippen LogP contribution is -2.16. The molecule has 0 amide bonds. The van der Waals surface area contributed by atoms with Crippen LogP contribution in [0.25, 0.3) is 0 Å². The summed E-state index contributed by atoms with van der Waals surface area (Å²) >= 11 is 10.9. The topological polar surface area (TPSA) is 0 Å². The smallest absolute Gasteiger partial charge is 0.166 e. The molecule has 1 aliphatic rings. The number of allylic oxidation sites excluding steroid dienone is 4. The van der Waals surface area contributed by atoms with E-state index in [1.54, 1.807) is 0 Å². The van der Waals surface area contributed by atoms with Crippen molar-refractivity contribution in [1.29, 1.82) is 0 Å². The molecule has 1 aliphatic carbocycles. The predicted molar refractivity (Wildman–Crippen MR) is 42.0 cm³/mol. The third-order valence-electron chi connectivity index (χ3n) is 1.34. The molecule has 1 rings (SSSR count). The normalized spacial score (nSPS) is 25.8. The van der Waals surface area contributed by atoms with Crippen LogP contribution in [0.1, 0.15) is 0 Å². The minimum Gasteiger partial charge on any atom is -0.166 e. The van der Waals surface area contributed by atoms with E-state index in [4.69, 9.17) is 23.2 Å². The van der Waals surface area contributed by atoms with Crippen LogP contribution in [0.2, 0.25) is 0 Å². The van der Waals surface area contributed by atoms with E-state index in [-0.39, 0.29) is 5.38 Å². The average molecular weight is 216 g/mol. The standard InChI is InChI=1S/C7H4Cl2F3/c8-5-2-1-4(3-6(5)9)7(10,11)12/h1-3,6H. The summed E-state index contributed by atoms with van der Waals surface area (Å²) in [4.78, 5) is 0. The minimum absolute atomic E-state index is 0.199. The molecule has 0 bridgehead atoms. The quantitative estimate of drug-likeness (QED) is 0.544. The Balaban J connectivity index is 2.84. The number of hydrogen-bond acceptors (Lipinski definition) is 0. The van der Waals surface area contributed by atoms with Gasteiger partial charge in [0.05, 0.1) is 11.0 Å². The Kier molecular flexibility index (Phi) is 2.74. The maximum absolute atomic E-state index is 12.0. The monoisotopic (exact) mass is 215 g/mol. The zero-order valence-corrected chi connectivity index (χ0v) is 7.21. The molecule has 1 radical (unpaired) electrons. The molecule has 1 unspecified atom stereocenters. The molecule has 0 N–H and O–H groups in total. The first-order valence-corrected chi connectivity index (χ1v) is 3.86. The zero-order valence-electron chi connectivity index (χ0n) is 5.70. The molecule has 0 saturated carbocycles. The summed E-state index contributed by atoms with van der Waals surface area (Å²) in [6.45, 7) is 0. The summed E-state index contributed by atoms with van der Waals surface area (Å²) in [6.07, 6.45) is -1.41. The summed E-state index contributed by atoms with van der Waals surface area (Å²) in [5, 5.41) is -0.669. The van der Waals surface area contributed by atoms with Gasteiger partial charge in [-0.25, -0.2) is 0 Å². The van der Waals surface area contributed by atoms with Crippen LogP contribution in [0.3, 0.4) is 0 Å². The van der Waals surface area contributed by atoms with Gasteiger partial charge in [-0.1, -0.05) is 18.2 Å². The molecular weight excluding hydrogens is 212 g/mol. The highest BCUT2D eigenvalue weighted by molar-refractivity contribution is 6.37. The van der Waals surface area contributed by atoms with Gasteiger partial charge in [-0.2, -0.15) is 13.2 Å². The van der Waals surface area contributed by atoms with Crippen molar-refractivity contribution in [3.05, 3.63) is 29.2 Å². The van der Waals surface area contributed by atoms with Crippen LogP contribution >= 0.6 is 23.2 Å².